The van der Waals surface area contributed by atoms with E-state index < -0.39 is 11.8 Å². The molecule has 2 aliphatic rings. The molecule has 1 fully saturated rings. The topological polar surface area (TPSA) is 53.9 Å². The molecule has 1 N–H and O–H groups in total. The standard InChI is InChI=1S/C19H13N3O2/c23-18-21-22-17(16-9-5-2-6-10-16)20-14-13-19(22,24-18)12-11-15-7-3-1-4-8-15/h1-10,13-14H,(H,21,23). The highest BCUT2D eigenvalue weighted by atomic mass is 16.6. The summed E-state index contributed by atoms with van der Waals surface area (Å²) in [6, 6.07) is 19.1. The molecule has 2 aromatic rings. The van der Waals surface area contributed by atoms with Gasteiger partial charge < -0.3 is 4.74 Å². The Balaban J connectivity index is 1.75. The molecule has 1 atom stereocenters. The van der Waals surface area contributed by atoms with Gasteiger partial charge >= 0.3 is 6.09 Å². The predicted octanol–water partition coefficient (Wildman–Crippen LogP) is 2.67. The summed E-state index contributed by atoms with van der Waals surface area (Å²) in [5.41, 5.74) is 3.16. The van der Waals surface area contributed by atoms with E-state index in [2.05, 4.69) is 22.3 Å². The fraction of sp³-hybridized carbons (Fsp3) is 0.0526. The summed E-state index contributed by atoms with van der Waals surface area (Å²) in [6.07, 6.45) is 2.71. The Kier molecular flexibility index (Phi) is 3.29. The van der Waals surface area contributed by atoms with Crippen LogP contribution in [0, 0.1) is 11.8 Å². The largest absolute Gasteiger partial charge is 0.429 e. The Morgan fingerprint density at radius 3 is 2.50 bits per heavy atom. The van der Waals surface area contributed by atoms with Gasteiger partial charge in [0.1, 0.15) is 0 Å². The number of aliphatic imine (C=N–C) groups is 1. The molecule has 0 aliphatic carbocycles. The molecule has 4 rings (SSSR count). The molecule has 1 unspecified atom stereocenters. The van der Waals surface area contributed by atoms with E-state index in [1.807, 2.05) is 60.7 Å². The number of carbonyl (C=O) groups excluding carboxylic acids is 1. The first-order chi connectivity index (χ1) is 11.8. The van der Waals surface area contributed by atoms with Crippen molar-refractivity contribution < 1.29 is 9.53 Å². The van der Waals surface area contributed by atoms with E-state index in [-0.39, 0.29) is 0 Å². The van der Waals surface area contributed by atoms with Gasteiger partial charge in [0.05, 0.1) is 0 Å². The first-order valence-corrected chi connectivity index (χ1v) is 7.46. The zero-order chi connectivity index (χ0) is 16.4. The summed E-state index contributed by atoms with van der Waals surface area (Å²) in [5.74, 6) is 6.68. The molecule has 0 bridgehead atoms. The average molecular weight is 315 g/mol. The summed E-state index contributed by atoms with van der Waals surface area (Å²) in [5, 5.41) is 1.56. The van der Waals surface area contributed by atoms with Crippen molar-refractivity contribution >= 4 is 11.9 Å². The van der Waals surface area contributed by atoms with Crippen molar-refractivity contribution in [2.45, 2.75) is 5.72 Å². The number of fused-ring (bicyclic) bond motifs is 1. The van der Waals surface area contributed by atoms with Crippen molar-refractivity contribution in [3.63, 3.8) is 0 Å². The summed E-state index contributed by atoms with van der Waals surface area (Å²) >= 11 is 0. The molecule has 1 amide bonds. The minimum atomic E-state index is -1.21. The number of ether oxygens (including phenoxy) is 1. The normalized spacial score (nSPS) is 21.1. The lowest BCUT2D eigenvalue weighted by atomic mass is 10.1. The lowest BCUT2D eigenvalue weighted by Gasteiger charge is -2.31. The van der Waals surface area contributed by atoms with Gasteiger partial charge in [-0.05, 0) is 18.1 Å². The molecule has 5 heteroatoms. The number of amides is 1. The van der Waals surface area contributed by atoms with E-state index in [0.29, 0.717) is 5.84 Å². The van der Waals surface area contributed by atoms with Crippen LogP contribution in [0.3, 0.4) is 0 Å². The van der Waals surface area contributed by atoms with E-state index >= 15 is 0 Å². The van der Waals surface area contributed by atoms with E-state index in [0.717, 1.165) is 11.1 Å². The van der Waals surface area contributed by atoms with Gasteiger partial charge in [-0.15, -0.1) is 0 Å². The molecule has 0 spiro atoms. The van der Waals surface area contributed by atoms with Crippen molar-refractivity contribution in [3.8, 4) is 11.8 Å². The van der Waals surface area contributed by atoms with Crippen LogP contribution in [0.15, 0.2) is 77.9 Å². The molecule has 5 nitrogen and oxygen atoms in total. The zero-order valence-corrected chi connectivity index (χ0v) is 12.6. The number of amidine groups is 1. The molecule has 0 radical (unpaired) electrons. The van der Waals surface area contributed by atoms with Gasteiger partial charge in [-0.2, -0.15) is 0 Å². The third-order valence-corrected chi connectivity index (χ3v) is 3.68. The van der Waals surface area contributed by atoms with E-state index in [1.165, 1.54) is 0 Å². The third-order valence-electron chi connectivity index (χ3n) is 3.68. The van der Waals surface area contributed by atoms with Gasteiger partial charge in [0.25, 0.3) is 5.72 Å². The van der Waals surface area contributed by atoms with Crippen LogP contribution in [-0.4, -0.2) is 22.7 Å². The van der Waals surface area contributed by atoms with Crippen LogP contribution < -0.4 is 5.43 Å². The van der Waals surface area contributed by atoms with Crippen LogP contribution in [-0.2, 0) is 4.74 Å². The quantitative estimate of drug-likeness (QED) is 0.823. The fourth-order valence-electron chi connectivity index (χ4n) is 2.57. The van der Waals surface area contributed by atoms with Crippen LogP contribution in [0.1, 0.15) is 11.1 Å². The average Bonchev–Trinajstić information content (AvgIpc) is 2.98. The lowest BCUT2D eigenvalue weighted by molar-refractivity contribution is 0.0674. The van der Waals surface area contributed by atoms with Gasteiger partial charge in [0.15, 0.2) is 5.84 Å². The molecule has 1 saturated heterocycles. The van der Waals surface area contributed by atoms with Crippen LogP contribution in [0.5, 0.6) is 0 Å². The minimum Gasteiger partial charge on any atom is -0.404 e. The number of nitrogens with zero attached hydrogens (tertiary/aromatic N) is 2. The Bertz CT molecular complexity index is 894. The third kappa shape index (κ3) is 2.40. The van der Waals surface area contributed by atoms with E-state index in [1.54, 1.807) is 17.3 Å². The van der Waals surface area contributed by atoms with Gasteiger partial charge in [-0.25, -0.2) is 20.2 Å². The molecule has 2 aliphatic heterocycles. The SMILES string of the molecule is O=C1NN2C(c3ccccc3)=NC=CC2(C#Cc2ccccc2)O1. The second-order valence-electron chi connectivity index (χ2n) is 5.28. The van der Waals surface area contributed by atoms with Crippen molar-refractivity contribution in [2.24, 2.45) is 4.99 Å². The first-order valence-electron chi connectivity index (χ1n) is 7.46. The molecular formula is C19H13N3O2. The smallest absolute Gasteiger partial charge is 0.404 e. The molecule has 24 heavy (non-hydrogen) atoms. The minimum absolute atomic E-state index is 0.562. The molecule has 0 saturated carbocycles. The highest BCUT2D eigenvalue weighted by Gasteiger charge is 2.48. The summed E-state index contributed by atoms with van der Waals surface area (Å²) in [4.78, 5) is 16.2. The maximum Gasteiger partial charge on any atom is 0.429 e. The predicted molar refractivity (Wildman–Crippen MR) is 89.6 cm³/mol. The van der Waals surface area contributed by atoms with Gasteiger partial charge in [0, 0.05) is 23.4 Å². The Labute approximate surface area is 139 Å². The summed E-state index contributed by atoms with van der Waals surface area (Å²) in [7, 11) is 0. The van der Waals surface area contributed by atoms with Crippen molar-refractivity contribution in [1.29, 1.82) is 0 Å². The van der Waals surface area contributed by atoms with Crippen molar-refractivity contribution in [1.82, 2.24) is 10.4 Å². The molecule has 0 aromatic heterocycles. The van der Waals surface area contributed by atoms with Gasteiger partial charge in [0.2, 0.25) is 0 Å². The van der Waals surface area contributed by atoms with Gasteiger partial charge in [-0.3, -0.25) is 0 Å². The second-order valence-corrected chi connectivity index (χ2v) is 5.28. The lowest BCUT2D eigenvalue weighted by Crippen LogP contribution is -2.52. The van der Waals surface area contributed by atoms with Crippen LogP contribution in [0.4, 0.5) is 4.79 Å². The second kappa shape index (κ2) is 5.60. The molecule has 116 valence electrons. The van der Waals surface area contributed by atoms with Crippen molar-refractivity contribution in [3.05, 3.63) is 84.1 Å². The molecule has 2 aromatic carbocycles. The van der Waals surface area contributed by atoms with Gasteiger partial charge in [-0.1, -0.05) is 54.5 Å². The maximum absolute atomic E-state index is 11.9. The van der Waals surface area contributed by atoms with Crippen LogP contribution >= 0.6 is 0 Å². The summed E-state index contributed by atoms with van der Waals surface area (Å²) < 4.78 is 5.46. The Morgan fingerprint density at radius 2 is 1.75 bits per heavy atom. The van der Waals surface area contributed by atoms with Crippen LogP contribution in [0.2, 0.25) is 0 Å². The Hall–Kier alpha value is -3.52. The van der Waals surface area contributed by atoms with Crippen molar-refractivity contribution in [2.75, 3.05) is 0 Å². The molecule has 2 heterocycles. The number of rotatable bonds is 1. The Morgan fingerprint density at radius 1 is 1.04 bits per heavy atom. The number of hydrogen-bond acceptors (Lipinski definition) is 4. The van der Waals surface area contributed by atoms with Crippen LogP contribution in [0.25, 0.3) is 0 Å². The summed E-state index contributed by atoms with van der Waals surface area (Å²) in [6.45, 7) is 0. The number of benzene rings is 2. The molecular weight excluding hydrogens is 302 g/mol. The number of nitrogens with one attached hydrogen (secondary N) is 1. The zero-order valence-electron chi connectivity index (χ0n) is 12.6. The van der Waals surface area contributed by atoms with E-state index in [4.69, 9.17) is 4.74 Å². The maximum atomic E-state index is 11.9. The highest BCUT2D eigenvalue weighted by Crippen LogP contribution is 2.28. The number of hydrazine groups is 1. The number of hydrogen-bond donors (Lipinski definition) is 1. The highest BCUT2D eigenvalue weighted by molar-refractivity contribution is 6.02. The fourth-order valence-corrected chi connectivity index (χ4v) is 2.57. The van der Waals surface area contributed by atoms with E-state index in [9.17, 15) is 4.79 Å². The number of carbonyl (C=O) groups is 1. The first kappa shape index (κ1) is 14.1. The monoisotopic (exact) mass is 315 g/mol.